The molecule has 0 saturated carbocycles. The molecule has 7 heteroatoms. The number of para-hydroxylation sites is 1. The summed E-state index contributed by atoms with van der Waals surface area (Å²) in [4.78, 5) is 13.5. The fourth-order valence-corrected chi connectivity index (χ4v) is 4.66. The second kappa shape index (κ2) is 11.0. The highest BCUT2D eigenvalue weighted by molar-refractivity contribution is 9.10. The van der Waals surface area contributed by atoms with Crippen molar-refractivity contribution in [3.63, 3.8) is 0 Å². The first-order chi connectivity index (χ1) is 18.0. The monoisotopic (exact) mass is 572 g/mol. The van der Waals surface area contributed by atoms with Gasteiger partial charge in [-0.15, -0.1) is 0 Å². The Labute approximate surface area is 228 Å². The lowest BCUT2D eigenvalue weighted by atomic mass is 10.00. The summed E-state index contributed by atoms with van der Waals surface area (Å²) in [7, 11) is 1.59. The zero-order chi connectivity index (χ0) is 25.8. The molecular weight excluding hydrogens is 552 g/mol. The molecule has 1 amide bonds. The van der Waals surface area contributed by atoms with Crippen LogP contribution in [0.3, 0.4) is 0 Å². The number of nitrogens with zero attached hydrogens (tertiary/aromatic N) is 2. The molecule has 4 aromatic carbocycles. The molecule has 0 bridgehead atoms. The number of methoxy groups -OCH3 is 1. The molecule has 0 radical (unpaired) electrons. The lowest BCUT2D eigenvalue weighted by Crippen LogP contribution is -2.21. The molecule has 37 heavy (non-hydrogen) atoms. The summed E-state index contributed by atoms with van der Waals surface area (Å²) in [6.07, 6.45) is 1.83. The lowest BCUT2D eigenvalue weighted by molar-refractivity contribution is -0.114. The van der Waals surface area contributed by atoms with Crippen LogP contribution < -0.4 is 14.5 Å². The molecular formula is C30H22BrClN2O3. The van der Waals surface area contributed by atoms with E-state index in [0.29, 0.717) is 44.6 Å². The maximum atomic E-state index is 13.5. The van der Waals surface area contributed by atoms with Crippen molar-refractivity contribution in [3.05, 3.63) is 129 Å². The Morgan fingerprint density at radius 1 is 0.946 bits per heavy atom. The second-order valence-corrected chi connectivity index (χ2v) is 9.57. The average molecular weight is 574 g/mol. The molecule has 4 aromatic rings. The van der Waals surface area contributed by atoms with Crippen LogP contribution in [0.15, 0.2) is 112 Å². The minimum atomic E-state index is -0.205. The van der Waals surface area contributed by atoms with Gasteiger partial charge in [0.05, 0.1) is 22.8 Å². The fraction of sp³-hybridized carbons (Fsp3) is 0.0667. The first-order valence-corrected chi connectivity index (χ1v) is 12.7. The minimum Gasteiger partial charge on any atom is -0.493 e. The summed E-state index contributed by atoms with van der Waals surface area (Å²) in [6.45, 7) is 0.349. The summed E-state index contributed by atoms with van der Waals surface area (Å²) in [6, 6.07) is 30.3. The van der Waals surface area contributed by atoms with E-state index in [1.54, 1.807) is 7.11 Å². The van der Waals surface area contributed by atoms with E-state index < -0.39 is 0 Å². The van der Waals surface area contributed by atoms with Gasteiger partial charge in [0.25, 0.3) is 5.91 Å². The molecule has 0 fully saturated rings. The highest BCUT2D eigenvalue weighted by Gasteiger charge is 2.32. The molecule has 0 saturated heterocycles. The fourth-order valence-electron chi connectivity index (χ4n) is 3.96. The highest BCUT2D eigenvalue weighted by Crippen LogP contribution is 2.38. The second-order valence-electron chi connectivity index (χ2n) is 8.27. The van der Waals surface area contributed by atoms with Crippen LogP contribution in [0.5, 0.6) is 11.5 Å². The first-order valence-electron chi connectivity index (χ1n) is 11.5. The zero-order valence-electron chi connectivity index (χ0n) is 19.9. The van der Waals surface area contributed by atoms with Crippen LogP contribution in [0.25, 0.3) is 6.08 Å². The Morgan fingerprint density at radius 2 is 1.62 bits per heavy atom. The first kappa shape index (κ1) is 24.8. The number of hydrazone groups is 1. The predicted molar refractivity (Wildman–Crippen MR) is 151 cm³/mol. The zero-order valence-corrected chi connectivity index (χ0v) is 22.2. The number of halogens is 2. The van der Waals surface area contributed by atoms with E-state index >= 15 is 0 Å². The van der Waals surface area contributed by atoms with E-state index in [0.717, 1.165) is 16.7 Å². The van der Waals surface area contributed by atoms with Gasteiger partial charge in [-0.05, 0) is 69.5 Å². The summed E-state index contributed by atoms with van der Waals surface area (Å²) in [5, 5.41) is 6.80. The van der Waals surface area contributed by atoms with Crippen LogP contribution in [-0.4, -0.2) is 18.7 Å². The third-order valence-corrected chi connectivity index (χ3v) is 6.63. The molecule has 184 valence electrons. The molecule has 0 atom stereocenters. The SMILES string of the molecule is COc1cc(/C=C2\C(=O)N(c3ccccc3)N=C2c2ccccc2)cc(Br)c1OCc1ccc(Cl)cc1. The average Bonchev–Trinajstić information content (AvgIpc) is 3.25. The molecule has 0 N–H and O–H groups in total. The molecule has 5 rings (SSSR count). The maximum Gasteiger partial charge on any atom is 0.281 e. The molecule has 1 heterocycles. The summed E-state index contributed by atoms with van der Waals surface area (Å²) >= 11 is 9.60. The van der Waals surface area contributed by atoms with Crippen molar-refractivity contribution in [1.82, 2.24) is 0 Å². The molecule has 0 aromatic heterocycles. The van der Waals surface area contributed by atoms with E-state index in [-0.39, 0.29) is 5.91 Å². The molecule has 0 aliphatic carbocycles. The summed E-state index contributed by atoms with van der Waals surface area (Å²) in [5.74, 6) is 0.905. The standard InChI is InChI=1S/C30H22BrClN2O3/c1-36-27-18-21(17-26(31)29(27)37-19-20-12-14-23(32)15-13-20)16-25-28(22-8-4-2-5-9-22)33-34(30(25)35)24-10-6-3-7-11-24/h2-18H,19H2,1H3/b25-16-. The summed E-state index contributed by atoms with van der Waals surface area (Å²) < 4.78 is 12.4. The van der Waals surface area contributed by atoms with Gasteiger partial charge in [0.2, 0.25) is 0 Å². The van der Waals surface area contributed by atoms with Gasteiger partial charge in [-0.25, -0.2) is 0 Å². The third kappa shape index (κ3) is 5.45. The Kier molecular flexibility index (Phi) is 7.40. The molecule has 1 aliphatic heterocycles. The molecule has 0 spiro atoms. The number of hydrogen-bond donors (Lipinski definition) is 0. The Balaban J connectivity index is 1.50. The van der Waals surface area contributed by atoms with Crippen molar-refractivity contribution in [3.8, 4) is 11.5 Å². The Morgan fingerprint density at radius 3 is 2.30 bits per heavy atom. The summed E-state index contributed by atoms with van der Waals surface area (Å²) in [5.41, 5.74) is 4.39. The van der Waals surface area contributed by atoms with Gasteiger partial charge in [-0.2, -0.15) is 10.1 Å². The van der Waals surface area contributed by atoms with Crippen LogP contribution in [-0.2, 0) is 11.4 Å². The molecule has 5 nitrogen and oxygen atoms in total. The Bertz CT molecular complexity index is 1490. The number of benzene rings is 4. The van der Waals surface area contributed by atoms with Crippen LogP contribution in [0, 0.1) is 0 Å². The van der Waals surface area contributed by atoms with Crippen molar-refractivity contribution in [2.24, 2.45) is 5.10 Å². The van der Waals surface area contributed by atoms with Gasteiger partial charge in [0.1, 0.15) is 12.3 Å². The number of carbonyl (C=O) groups is 1. The van der Waals surface area contributed by atoms with Gasteiger partial charge in [0, 0.05) is 10.6 Å². The van der Waals surface area contributed by atoms with Crippen molar-refractivity contribution in [1.29, 1.82) is 0 Å². The normalized spacial score (nSPS) is 14.1. The van der Waals surface area contributed by atoms with E-state index in [9.17, 15) is 4.79 Å². The number of carbonyl (C=O) groups excluding carboxylic acids is 1. The Hall–Kier alpha value is -3.87. The van der Waals surface area contributed by atoms with Crippen LogP contribution in [0.2, 0.25) is 5.02 Å². The van der Waals surface area contributed by atoms with Crippen molar-refractivity contribution in [2.75, 3.05) is 12.1 Å². The van der Waals surface area contributed by atoms with E-state index in [1.165, 1.54) is 5.01 Å². The van der Waals surface area contributed by atoms with Crippen LogP contribution in [0.4, 0.5) is 5.69 Å². The predicted octanol–water partition coefficient (Wildman–Crippen LogP) is 7.52. The number of anilines is 1. The van der Waals surface area contributed by atoms with E-state index in [1.807, 2.05) is 103 Å². The van der Waals surface area contributed by atoms with Crippen molar-refractivity contribution < 1.29 is 14.3 Å². The van der Waals surface area contributed by atoms with Gasteiger partial charge in [-0.1, -0.05) is 72.3 Å². The van der Waals surface area contributed by atoms with Crippen molar-refractivity contribution in [2.45, 2.75) is 6.61 Å². The highest BCUT2D eigenvalue weighted by atomic mass is 79.9. The van der Waals surface area contributed by atoms with Crippen LogP contribution >= 0.6 is 27.5 Å². The number of hydrogen-bond acceptors (Lipinski definition) is 4. The van der Waals surface area contributed by atoms with Gasteiger partial charge in [0.15, 0.2) is 11.5 Å². The largest absolute Gasteiger partial charge is 0.493 e. The topological polar surface area (TPSA) is 51.1 Å². The lowest BCUT2D eigenvalue weighted by Gasteiger charge is -2.14. The number of rotatable bonds is 7. The van der Waals surface area contributed by atoms with E-state index in [4.69, 9.17) is 26.2 Å². The van der Waals surface area contributed by atoms with E-state index in [2.05, 4.69) is 15.9 Å². The van der Waals surface area contributed by atoms with Crippen LogP contribution in [0.1, 0.15) is 16.7 Å². The minimum absolute atomic E-state index is 0.205. The quantitative estimate of drug-likeness (QED) is 0.215. The number of ether oxygens (including phenoxy) is 2. The molecule has 0 unspecified atom stereocenters. The van der Waals surface area contributed by atoms with Gasteiger partial charge in [-0.3, -0.25) is 4.79 Å². The third-order valence-electron chi connectivity index (χ3n) is 5.79. The smallest absolute Gasteiger partial charge is 0.281 e. The van der Waals surface area contributed by atoms with Gasteiger partial charge >= 0.3 is 0 Å². The van der Waals surface area contributed by atoms with Crippen molar-refractivity contribution >= 4 is 50.9 Å². The molecule has 1 aliphatic rings. The number of amides is 1. The van der Waals surface area contributed by atoms with Gasteiger partial charge < -0.3 is 9.47 Å². The maximum absolute atomic E-state index is 13.5.